The van der Waals surface area contributed by atoms with Crippen molar-refractivity contribution in [2.75, 3.05) is 0 Å². The summed E-state index contributed by atoms with van der Waals surface area (Å²) in [5.41, 5.74) is 13.4. The van der Waals surface area contributed by atoms with Crippen molar-refractivity contribution in [2.45, 2.75) is 46.1 Å². The molecule has 1 atom stereocenters. The molecular weight excluding hydrogens is 448 g/mol. The lowest BCUT2D eigenvalue weighted by Crippen LogP contribution is -1.98. The second kappa shape index (κ2) is 10.9. The number of allylic oxidation sites excluding steroid dienone is 6. The highest BCUT2D eigenvalue weighted by Gasteiger charge is 2.23. The maximum Gasteiger partial charge on any atom is 0.0643 e. The summed E-state index contributed by atoms with van der Waals surface area (Å²) in [5.74, 6) is 0.440. The Bertz CT molecular complexity index is 1460. The van der Waals surface area contributed by atoms with Crippen molar-refractivity contribution in [3.63, 3.8) is 0 Å². The lowest BCUT2D eigenvalue weighted by Gasteiger charge is -2.15. The lowest BCUT2D eigenvalue weighted by molar-refractivity contribution is 0.921. The second-order valence-corrected chi connectivity index (χ2v) is 9.96. The summed E-state index contributed by atoms with van der Waals surface area (Å²) in [6, 6.07) is 27.8. The molecule has 2 nitrogen and oxygen atoms in total. The van der Waals surface area contributed by atoms with Crippen molar-refractivity contribution >= 4 is 23.1 Å². The van der Waals surface area contributed by atoms with Gasteiger partial charge in [-0.3, -0.25) is 9.98 Å². The van der Waals surface area contributed by atoms with Gasteiger partial charge in [0.05, 0.1) is 12.2 Å². The molecule has 5 rings (SSSR count). The normalized spacial score (nSPS) is 17.6. The minimum absolute atomic E-state index is 0.440. The number of aliphatic imine (C=N–C) groups is 2. The number of hydrogen-bond donors (Lipinski definition) is 0. The van der Waals surface area contributed by atoms with Crippen LogP contribution in [0.4, 0.5) is 0 Å². The fourth-order valence-electron chi connectivity index (χ4n) is 5.12. The van der Waals surface area contributed by atoms with Gasteiger partial charge in [0.15, 0.2) is 0 Å². The van der Waals surface area contributed by atoms with Crippen LogP contribution in [-0.4, -0.2) is 11.9 Å². The van der Waals surface area contributed by atoms with Gasteiger partial charge in [-0.15, -0.1) is 0 Å². The van der Waals surface area contributed by atoms with E-state index in [1.165, 1.54) is 50.1 Å². The summed E-state index contributed by atoms with van der Waals surface area (Å²) < 4.78 is 0. The van der Waals surface area contributed by atoms with Crippen molar-refractivity contribution in [3.8, 4) is 0 Å². The van der Waals surface area contributed by atoms with Crippen LogP contribution in [0.25, 0.3) is 11.1 Å². The summed E-state index contributed by atoms with van der Waals surface area (Å²) in [5, 5.41) is 0. The van der Waals surface area contributed by atoms with Gasteiger partial charge in [-0.05, 0) is 71.2 Å². The largest absolute Gasteiger partial charge is 0.285 e. The third kappa shape index (κ3) is 5.39. The van der Waals surface area contributed by atoms with Gasteiger partial charge in [0.25, 0.3) is 0 Å². The van der Waals surface area contributed by atoms with Gasteiger partial charge in [-0.2, -0.15) is 0 Å². The first-order valence-corrected chi connectivity index (χ1v) is 13.1. The molecule has 0 bridgehead atoms. The molecule has 184 valence electrons. The van der Waals surface area contributed by atoms with Gasteiger partial charge in [0.2, 0.25) is 0 Å². The molecule has 2 aliphatic rings. The van der Waals surface area contributed by atoms with Crippen LogP contribution in [0.15, 0.2) is 124 Å². The lowest BCUT2D eigenvalue weighted by atomic mass is 9.91. The van der Waals surface area contributed by atoms with Gasteiger partial charge in [-0.1, -0.05) is 110 Å². The maximum absolute atomic E-state index is 4.79. The van der Waals surface area contributed by atoms with Crippen LogP contribution in [0.1, 0.15) is 67.3 Å². The highest BCUT2D eigenvalue weighted by molar-refractivity contribution is 6.14. The maximum atomic E-state index is 4.79. The zero-order chi connectivity index (χ0) is 25.8. The molecule has 0 heterocycles. The molecule has 2 heteroatoms. The van der Waals surface area contributed by atoms with Crippen LogP contribution in [0.3, 0.4) is 0 Å². The molecule has 0 saturated carbocycles. The molecule has 3 aromatic carbocycles. The Hall–Kier alpha value is -4.04. The van der Waals surface area contributed by atoms with Gasteiger partial charge in [0, 0.05) is 17.8 Å². The molecular formula is C35H34N2. The SMILES string of the molecule is C=C(/N=C\C1=C(C)C(C)c2ccccc21)C1=CC=C(c2ccc(/C(C)=N/Cc3ccccc3)cc2)CC1. The number of hydrogen-bond acceptors (Lipinski definition) is 2. The smallest absolute Gasteiger partial charge is 0.0643 e. The molecule has 0 amide bonds. The van der Waals surface area contributed by atoms with Crippen LogP contribution >= 0.6 is 0 Å². The van der Waals surface area contributed by atoms with Crippen LogP contribution in [-0.2, 0) is 6.54 Å². The quantitative estimate of drug-likeness (QED) is 0.300. The van der Waals surface area contributed by atoms with E-state index in [4.69, 9.17) is 9.98 Å². The van der Waals surface area contributed by atoms with Crippen molar-refractivity contribution in [2.24, 2.45) is 9.98 Å². The number of rotatable bonds is 7. The molecule has 2 aliphatic carbocycles. The minimum Gasteiger partial charge on any atom is -0.285 e. The first-order valence-electron chi connectivity index (χ1n) is 13.1. The molecule has 1 unspecified atom stereocenters. The van der Waals surface area contributed by atoms with E-state index in [0.717, 1.165) is 24.3 Å². The van der Waals surface area contributed by atoms with Crippen molar-refractivity contribution in [1.82, 2.24) is 0 Å². The predicted molar refractivity (Wildman–Crippen MR) is 159 cm³/mol. The minimum atomic E-state index is 0.440. The Morgan fingerprint density at radius 3 is 2.38 bits per heavy atom. The summed E-state index contributed by atoms with van der Waals surface area (Å²) in [6.45, 7) is 11.6. The van der Waals surface area contributed by atoms with Gasteiger partial charge >= 0.3 is 0 Å². The Labute approximate surface area is 221 Å². The molecule has 3 aromatic rings. The van der Waals surface area contributed by atoms with Gasteiger partial charge in [0.1, 0.15) is 0 Å². The standard InChI is InChI=1S/C35H34N2/c1-24-25(2)35(34-13-9-8-12-33(24)34)23-37-27(4)30-16-20-32(21-17-30)31-18-14-29(15-19-31)26(3)36-22-28-10-6-5-7-11-28/h5-16,18-20,23-24H,4,17,21-22H2,1-3H3/b36-26+,37-23-. The van der Waals surface area contributed by atoms with Crippen LogP contribution < -0.4 is 0 Å². The van der Waals surface area contributed by atoms with Gasteiger partial charge in [-0.25, -0.2) is 0 Å². The van der Waals surface area contributed by atoms with E-state index in [9.17, 15) is 0 Å². The highest BCUT2D eigenvalue weighted by Crippen LogP contribution is 2.40. The van der Waals surface area contributed by atoms with E-state index in [0.29, 0.717) is 12.5 Å². The van der Waals surface area contributed by atoms with E-state index in [1.807, 2.05) is 12.3 Å². The molecule has 37 heavy (non-hydrogen) atoms. The van der Waals surface area contributed by atoms with E-state index < -0.39 is 0 Å². The molecule has 0 saturated heterocycles. The Morgan fingerprint density at radius 2 is 1.65 bits per heavy atom. The molecule has 0 radical (unpaired) electrons. The van der Waals surface area contributed by atoms with E-state index in [2.05, 4.69) is 112 Å². The van der Waals surface area contributed by atoms with Crippen molar-refractivity contribution < 1.29 is 0 Å². The Balaban J connectivity index is 1.25. The fraction of sp³-hybridized carbons (Fsp3) is 0.200. The summed E-state index contributed by atoms with van der Waals surface area (Å²) >= 11 is 0. The monoisotopic (exact) mass is 482 g/mol. The van der Waals surface area contributed by atoms with Crippen molar-refractivity contribution in [3.05, 3.63) is 142 Å². The molecule has 0 fully saturated rings. The summed E-state index contributed by atoms with van der Waals surface area (Å²) in [6.07, 6.45) is 8.36. The second-order valence-electron chi connectivity index (χ2n) is 9.96. The van der Waals surface area contributed by atoms with E-state index >= 15 is 0 Å². The number of nitrogens with zero attached hydrogens (tertiary/aromatic N) is 2. The van der Waals surface area contributed by atoms with Crippen molar-refractivity contribution in [1.29, 1.82) is 0 Å². The van der Waals surface area contributed by atoms with Gasteiger partial charge < -0.3 is 0 Å². The average Bonchev–Trinajstić information content (AvgIpc) is 3.20. The summed E-state index contributed by atoms with van der Waals surface area (Å²) in [7, 11) is 0. The van der Waals surface area contributed by atoms with E-state index in [-0.39, 0.29) is 0 Å². The predicted octanol–water partition coefficient (Wildman–Crippen LogP) is 8.97. The number of benzene rings is 3. The Kier molecular flexibility index (Phi) is 7.28. The topological polar surface area (TPSA) is 24.7 Å². The van der Waals surface area contributed by atoms with Crippen LogP contribution in [0.5, 0.6) is 0 Å². The van der Waals surface area contributed by atoms with Crippen LogP contribution in [0.2, 0.25) is 0 Å². The molecule has 0 aliphatic heterocycles. The van der Waals surface area contributed by atoms with Crippen LogP contribution in [0, 0.1) is 0 Å². The zero-order valence-corrected chi connectivity index (χ0v) is 22.0. The molecule has 0 aromatic heterocycles. The third-order valence-electron chi connectivity index (χ3n) is 7.68. The highest BCUT2D eigenvalue weighted by atomic mass is 14.7. The molecule has 0 N–H and O–H groups in total. The third-order valence-corrected chi connectivity index (χ3v) is 7.68. The number of fused-ring (bicyclic) bond motifs is 1. The average molecular weight is 483 g/mol. The summed E-state index contributed by atoms with van der Waals surface area (Å²) in [4.78, 5) is 9.56. The van der Waals surface area contributed by atoms with E-state index in [1.54, 1.807) is 0 Å². The fourth-order valence-corrected chi connectivity index (χ4v) is 5.12. The first kappa shape index (κ1) is 24.6. The molecule has 0 spiro atoms. The Morgan fingerprint density at radius 1 is 0.919 bits per heavy atom. The first-order chi connectivity index (χ1) is 18.0. The zero-order valence-electron chi connectivity index (χ0n) is 22.0.